The van der Waals surface area contributed by atoms with Crippen LogP contribution >= 0.6 is 0 Å². The first kappa shape index (κ1) is 14.8. The van der Waals surface area contributed by atoms with Crippen molar-refractivity contribution in [1.82, 2.24) is 15.2 Å². The number of carbonyl (C=O) groups excluding carboxylic acids is 1. The van der Waals surface area contributed by atoms with Crippen LogP contribution in [0.3, 0.4) is 0 Å². The van der Waals surface area contributed by atoms with Crippen molar-refractivity contribution < 1.29 is 9.53 Å². The smallest absolute Gasteiger partial charge is 0.317 e. The second kappa shape index (κ2) is 6.00. The second-order valence-corrected chi connectivity index (χ2v) is 7.03. The van der Waals surface area contributed by atoms with Crippen LogP contribution in [0.25, 0.3) is 0 Å². The number of likely N-dealkylation sites (tertiary alicyclic amines) is 1. The van der Waals surface area contributed by atoms with Crippen LogP contribution in [0.4, 0.5) is 10.5 Å². The minimum Gasteiger partial charge on any atom is -0.379 e. The molecular formula is C17H24N4O2. The van der Waals surface area contributed by atoms with Crippen LogP contribution in [0.2, 0.25) is 0 Å². The van der Waals surface area contributed by atoms with E-state index in [2.05, 4.69) is 15.6 Å². The zero-order chi connectivity index (χ0) is 15.7. The van der Waals surface area contributed by atoms with Gasteiger partial charge in [0.25, 0.3) is 0 Å². The van der Waals surface area contributed by atoms with Gasteiger partial charge in [-0.1, -0.05) is 0 Å². The van der Waals surface area contributed by atoms with Crippen LogP contribution < -0.4 is 10.6 Å². The highest BCUT2D eigenvalue weighted by Crippen LogP contribution is 2.36. The highest BCUT2D eigenvalue weighted by atomic mass is 16.5. The number of nitrogens with one attached hydrogen (secondary N) is 2. The summed E-state index contributed by atoms with van der Waals surface area (Å²) in [6.45, 7) is 2.23. The summed E-state index contributed by atoms with van der Waals surface area (Å²) >= 11 is 0. The third-order valence-electron chi connectivity index (χ3n) is 4.97. The molecule has 23 heavy (non-hydrogen) atoms. The van der Waals surface area contributed by atoms with E-state index >= 15 is 0 Å². The van der Waals surface area contributed by atoms with Crippen LogP contribution in [0.5, 0.6) is 0 Å². The lowest BCUT2D eigenvalue weighted by Gasteiger charge is -2.39. The molecule has 1 aromatic heterocycles. The molecule has 1 aromatic rings. The largest absolute Gasteiger partial charge is 0.379 e. The van der Waals surface area contributed by atoms with E-state index < -0.39 is 0 Å². The lowest BCUT2D eigenvalue weighted by molar-refractivity contribution is -0.0409. The van der Waals surface area contributed by atoms with Gasteiger partial charge in [0.05, 0.1) is 30.5 Å². The molecule has 3 heterocycles. The van der Waals surface area contributed by atoms with Gasteiger partial charge in [0, 0.05) is 31.4 Å². The molecule has 6 heteroatoms. The molecule has 3 aliphatic rings. The van der Waals surface area contributed by atoms with Gasteiger partial charge < -0.3 is 20.3 Å². The molecule has 6 nitrogen and oxygen atoms in total. The molecule has 0 aromatic carbocycles. The molecule has 2 aliphatic heterocycles. The number of nitrogens with zero attached hydrogens (tertiary/aromatic N) is 2. The molecule has 2 N–H and O–H groups in total. The van der Waals surface area contributed by atoms with Gasteiger partial charge in [-0.25, -0.2) is 4.79 Å². The minimum absolute atomic E-state index is 0.0823. The van der Waals surface area contributed by atoms with Crippen LogP contribution in [-0.4, -0.2) is 53.3 Å². The summed E-state index contributed by atoms with van der Waals surface area (Å²) < 4.78 is 6.16. The Hall–Kier alpha value is -1.82. The number of hydrogen-bond donors (Lipinski definition) is 2. The SMILES string of the molecule is O=C(NC1CC1)N1CCCC2(CC(Nc3cccnc3)CO2)C1. The molecule has 2 unspecified atom stereocenters. The monoisotopic (exact) mass is 316 g/mol. The quantitative estimate of drug-likeness (QED) is 0.895. The van der Waals surface area contributed by atoms with Crippen LogP contribution in [0.1, 0.15) is 32.1 Å². The molecule has 0 radical (unpaired) electrons. The lowest BCUT2D eigenvalue weighted by atomic mass is 9.89. The number of hydrogen-bond acceptors (Lipinski definition) is 4. The average Bonchev–Trinajstić information content (AvgIpc) is 3.31. The molecule has 3 fully saturated rings. The zero-order valence-electron chi connectivity index (χ0n) is 13.3. The van der Waals surface area contributed by atoms with Crippen LogP contribution in [0, 0.1) is 0 Å². The second-order valence-electron chi connectivity index (χ2n) is 7.03. The van der Waals surface area contributed by atoms with Gasteiger partial charge >= 0.3 is 6.03 Å². The highest BCUT2D eigenvalue weighted by molar-refractivity contribution is 5.75. The Morgan fingerprint density at radius 1 is 1.39 bits per heavy atom. The Kier molecular flexibility index (Phi) is 3.85. The van der Waals surface area contributed by atoms with E-state index in [1.165, 1.54) is 0 Å². The fourth-order valence-corrected chi connectivity index (χ4v) is 3.67. The van der Waals surface area contributed by atoms with Gasteiger partial charge in [-0.05, 0) is 37.8 Å². The molecule has 124 valence electrons. The van der Waals surface area contributed by atoms with Crippen LogP contribution in [-0.2, 0) is 4.74 Å². The Balaban J connectivity index is 1.35. The molecule has 1 aliphatic carbocycles. The standard InChI is InChI=1S/C17H24N4O2/c22-16(20-13-4-5-13)21-8-2-6-17(12-21)9-15(11-23-17)19-14-3-1-7-18-10-14/h1,3,7,10,13,15,19H,2,4-6,8-9,11-12H2,(H,20,22). The predicted molar refractivity (Wildman–Crippen MR) is 87.3 cm³/mol. The maximum Gasteiger partial charge on any atom is 0.317 e. The Bertz CT molecular complexity index is 563. The maximum absolute atomic E-state index is 12.3. The van der Waals surface area contributed by atoms with Crippen molar-refractivity contribution >= 4 is 11.7 Å². The number of urea groups is 1. The molecule has 2 atom stereocenters. The number of anilines is 1. The van der Waals surface area contributed by atoms with Gasteiger partial charge in [-0.15, -0.1) is 0 Å². The summed E-state index contributed by atoms with van der Waals surface area (Å²) in [5.74, 6) is 0. The van der Waals surface area contributed by atoms with Crippen molar-refractivity contribution in [3.05, 3.63) is 24.5 Å². The lowest BCUT2D eigenvalue weighted by Crippen LogP contribution is -2.53. The highest BCUT2D eigenvalue weighted by Gasteiger charge is 2.44. The topological polar surface area (TPSA) is 66.5 Å². The summed E-state index contributed by atoms with van der Waals surface area (Å²) in [5.41, 5.74) is 0.844. The average molecular weight is 316 g/mol. The van der Waals surface area contributed by atoms with Gasteiger partial charge in [-0.3, -0.25) is 4.98 Å². The first-order valence-corrected chi connectivity index (χ1v) is 8.58. The molecule has 2 saturated heterocycles. The molecule has 4 rings (SSSR count). The Labute approximate surface area is 136 Å². The summed E-state index contributed by atoms with van der Waals surface area (Å²) in [5, 5.41) is 6.58. The normalized spacial score (nSPS) is 30.4. The molecule has 1 saturated carbocycles. The third kappa shape index (κ3) is 3.42. The molecule has 2 amide bonds. The van der Waals surface area contributed by atoms with E-state index in [9.17, 15) is 4.79 Å². The number of piperidine rings is 1. The van der Waals surface area contributed by atoms with Crippen molar-refractivity contribution in [2.24, 2.45) is 0 Å². The van der Waals surface area contributed by atoms with Gasteiger partial charge in [0.2, 0.25) is 0 Å². The first-order chi connectivity index (χ1) is 11.2. The van der Waals surface area contributed by atoms with Gasteiger partial charge in [0.1, 0.15) is 0 Å². The van der Waals surface area contributed by atoms with Crippen molar-refractivity contribution in [1.29, 1.82) is 0 Å². The van der Waals surface area contributed by atoms with E-state index in [1.54, 1.807) is 6.20 Å². The number of pyridine rings is 1. The van der Waals surface area contributed by atoms with Gasteiger partial charge in [-0.2, -0.15) is 0 Å². The number of carbonyl (C=O) groups is 1. The van der Waals surface area contributed by atoms with E-state index in [1.807, 2.05) is 23.2 Å². The summed E-state index contributed by atoms with van der Waals surface area (Å²) in [7, 11) is 0. The van der Waals surface area contributed by atoms with Crippen molar-refractivity contribution in [3.8, 4) is 0 Å². The maximum atomic E-state index is 12.3. The molecule has 0 bridgehead atoms. The number of amides is 2. The number of rotatable bonds is 3. The first-order valence-electron chi connectivity index (χ1n) is 8.58. The number of ether oxygens (including phenoxy) is 1. The molecule has 1 spiro atoms. The summed E-state index contributed by atoms with van der Waals surface area (Å²) in [6, 6.07) is 4.72. The van der Waals surface area contributed by atoms with Crippen molar-refractivity contribution in [2.75, 3.05) is 25.0 Å². The Morgan fingerprint density at radius 3 is 3.09 bits per heavy atom. The Morgan fingerprint density at radius 2 is 2.30 bits per heavy atom. The van der Waals surface area contributed by atoms with Crippen molar-refractivity contribution in [2.45, 2.75) is 49.8 Å². The van der Waals surface area contributed by atoms with Gasteiger partial charge in [0.15, 0.2) is 0 Å². The summed E-state index contributed by atoms with van der Waals surface area (Å²) in [4.78, 5) is 18.4. The van der Waals surface area contributed by atoms with E-state index in [4.69, 9.17) is 4.74 Å². The van der Waals surface area contributed by atoms with Crippen LogP contribution in [0.15, 0.2) is 24.5 Å². The fraction of sp³-hybridized carbons (Fsp3) is 0.647. The van der Waals surface area contributed by atoms with E-state index in [0.29, 0.717) is 19.2 Å². The number of aromatic nitrogens is 1. The fourth-order valence-electron chi connectivity index (χ4n) is 3.67. The third-order valence-corrected chi connectivity index (χ3v) is 4.97. The van der Waals surface area contributed by atoms with E-state index in [-0.39, 0.29) is 17.7 Å². The minimum atomic E-state index is -0.182. The predicted octanol–water partition coefficient (Wildman–Crippen LogP) is 1.99. The molecular weight excluding hydrogens is 292 g/mol. The van der Waals surface area contributed by atoms with Crippen molar-refractivity contribution in [3.63, 3.8) is 0 Å². The summed E-state index contributed by atoms with van der Waals surface area (Å²) in [6.07, 6.45) is 8.84. The van der Waals surface area contributed by atoms with E-state index in [0.717, 1.165) is 44.3 Å². The zero-order valence-corrected chi connectivity index (χ0v) is 13.3.